The molecule has 0 saturated carbocycles. The van der Waals surface area contributed by atoms with Crippen molar-refractivity contribution in [2.75, 3.05) is 0 Å². The fraction of sp³-hybridized carbons (Fsp3) is 0.571. The Bertz CT molecular complexity index is 224. The maximum absolute atomic E-state index is 11.6. The number of nitrogens with one attached hydrogen (secondary N) is 1. The number of amides is 1. The first kappa shape index (κ1) is 10.8. The van der Waals surface area contributed by atoms with Crippen LogP contribution in [0.15, 0.2) is 0 Å². The van der Waals surface area contributed by atoms with Gasteiger partial charge >= 0.3 is 12.1 Å². The van der Waals surface area contributed by atoms with Gasteiger partial charge in [-0.15, -0.1) is 6.42 Å². The van der Waals surface area contributed by atoms with Crippen LogP contribution in [0.25, 0.3) is 0 Å². The summed E-state index contributed by atoms with van der Waals surface area (Å²) in [4.78, 5) is 10.3. The highest BCUT2D eigenvalue weighted by Crippen LogP contribution is 2.15. The quantitative estimate of drug-likeness (QED) is 0.599. The van der Waals surface area contributed by atoms with Crippen molar-refractivity contribution in [2.45, 2.75) is 25.6 Å². The topological polar surface area (TPSA) is 29.1 Å². The van der Waals surface area contributed by atoms with E-state index >= 15 is 0 Å². The molecule has 0 radical (unpaired) electrons. The molecule has 0 aliphatic heterocycles. The standard InChI is InChI=1S/C7H8F3NO/c1-4-6(2,3)11-5(12)7(8,9)10/h1H,2-3H3,(H,11,12). The highest BCUT2D eigenvalue weighted by Gasteiger charge is 2.40. The molecule has 0 rings (SSSR count). The van der Waals surface area contributed by atoms with Crippen molar-refractivity contribution >= 4 is 5.91 Å². The molecule has 0 fully saturated rings. The van der Waals surface area contributed by atoms with Crippen molar-refractivity contribution in [1.82, 2.24) is 5.32 Å². The Hall–Kier alpha value is -1.18. The van der Waals surface area contributed by atoms with Gasteiger partial charge in [-0.05, 0) is 13.8 Å². The van der Waals surface area contributed by atoms with Crippen LogP contribution in [-0.2, 0) is 4.79 Å². The fourth-order valence-corrected chi connectivity index (χ4v) is 0.391. The minimum Gasteiger partial charge on any atom is -0.333 e. The van der Waals surface area contributed by atoms with Crippen LogP contribution in [0.2, 0.25) is 0 Å². The molecule has 5 heteroatoms. The van der Waals surface area contributed by atoms with Crippen LogP contribution in [0.4, 0.5) is 13.2 Å². The summed E-state index contributed by atoms with van der Waals surface area (Å²) < 4.78 is 34.9. The Morgan fingerprint density at radius 3 is 2.08 bits per heavy atom. The average Bonchev–Trinajstić information content (AvgIpc) is 1.85. The van der Waals surface area contributed by atoms with E-state index in [0.717, 1.165) is 0 Å². The van der Waals surface area contributed by atoms with Crippen LogP contribution in [0.5, 0.6) is 0 Å². The molecule has 12 heavy (non-hydrogen) atoms. The minimum absolute atomic E-state index is 1.27. The molecule has 0 aromatic heterocycles. The second-order valence-electron chi connectivity index (χ2n) is 2.72. The smallest absolute Gasteiger partial charge is 0.333 e. The third kappa shape index (κ3) is 3.28. The number of halogens is 3. The molecular formula is C7H8F3NO. The summed E-state index contributed by atoms with van der Waals surface area (Å²) in [6.45, 7) is 2.60. The van der Waals surface area contributed by atoms with Crippen LogP contribution < -0.4 is 5.32 Å². The third-order valence-electron chi connectivity index (χ3n) is 1.04. The van der Waals surface area contributed by atoms with Gasteiger partial charge in [-0.2, -0.15) is 13.2 Å². The monoisotopic (exact) mass is 179 g/mol. The largest absolute Gasteiger partial charge is 0.471 e. The summed E-state index contributed by atoms with van der Waals surface area (Å²) in [5, 5.41) is 1.65. The van der Waals surface area contributed by atoms with Gasteiger partial charge in [0.05, 0.1) is 5.54 Å². The van der Waals surface area contributed by atoms with Gasteiger partial charge in [0.15, 0.2) is 0 Å². The lowest BCUT2D eigenvalue weighted by molar-refractivity contribution is -0.174. The van der Waals surface area contributed by atoms with Gasteiger partial charge in [0.1, 0.15) is 0 Å². The van der Waals surface area contributed by atoms with Crippen LogP contribution >= 0.6 is 0 Å². The van der Waals surface area contributed by atoms with E-state index in [1.54, 1.807) is 5.32 Å². The summed E-state index contributed by atoms with van der Waals surface area (Å²) in [7, 11) is 0. The fourth-order valence-electron chi connectivity index (χ4n) is 0.391. The molecular weight excluding hydrogens is 171 g/mol. The first-order chi connectivity index (χ1) is 5.19. The summed E-state index contributed by atoms with van der Waals surface area (Å²) in [6, 6.07) is 0. The lowest BCUT2D eigenvalue weighted by Gasteiger charge is -2.20. The first-order valence-corrected chi connectivity index (χ1v) is 3.06. The molecule has 0 aliphatic carbocycles. The molecule has 0 heterocycles. The number of terminal acetylenes is 1. The summed E-state index contributed by atoms with van der Waals surface area (Å²) in [5.41, 5.74) is -1.27. The van der Waals surface area contributed by atoms with Gasteiger partial charge < -0.3 is 5.32 Å². The van der Waals surface area contributed by atoms with E-state index in [4.69, 9.17) is 6.42 Å². The van der Waals surface area contributed by atoms with Gasteiger partial charge in [-0.25, -0.2) is 0 Å². The van der Waals surface area contributed by atoms with E-state index < -0.39 is 17.6 Å². The van der Waals surface area contributed by atoms with Crippen molar-refractivity contribution in [2.24, 2.45) is 0 Å². The number of rotatable bonds is 1. The zero-order chi connectivity index (χ0) is 9.99. The lowest BCUT2D eigenvalue weighted by Crippen LogP contribution is -2.48. The third-order valence-corrected chi connectivity index (χ3v) is 1.04. The maximum Gasteiger partial charge on any atom is 0.471 e. The number of hydrogen-bond donors (Lipinski definition) is 1. The van der Waals surface area contributed by atoms with E-state index in [1.807, 2.05) is 5.92 Å². The lowest BCUT2D eigenvalue weighted by atomic mass is 10.1. The number of carbonyl (C=O) groups excluding carboxylic acids is 1. The molecule has 68 valence electrons. The molecule has 0 spiro atoms. The van der Waals surface area contributed by atoms with Crippen LogP contribution in [0, 0.1) is 12.3 Å². The van der Waals surface area contributed by atoms with Gasteiger partial charge in [-0.3, -0.25) is 4.79 Å². The van der Waals surface area contributed by atoms with Crippen molar-refractivity contribution in [3.05, 3.63) is 0 Å². The van der Waals surface area contributed by atoms with Gasteiger partial charge in [-0.1, -0.05) is 5.92 Å². The molecule has 0 aliphatic rings. The second-order valence-corrected chi connectivity index (χ2v) is 2.72. The van der Waals surface area contributed by atoms with Gasteiger partial charge in [0.25, 0.3) is 0 Å². The first-order valence-electron chi connectivity index (χ1n) is 3.06. The van der Waals surface area contributed by atoms with Gasteiger partial charge in [0.2, 0.25) is 0 Å². The van der Waals surface area contributed by atoms with Crippen LogP contribution in [0.3, 0.4) is 0 Å². The predicted molar refractivity (Wildman–Crippen MR) is 37.1 cm³/mol. The summed E-state index contributed by atoms with van der Waals surface area (Å²) in [6.07, 6.45) is -0.0150. The number of carbonyl (C=O) groups is 1. The molecule has 1 amide bonds. The Balaban J connectivity index is 4.33. The highest BCUT2D eigenvalue weighted by atomic mass is 19.4. The minimum atomic E-state index is -4.88. The molecule has 0 aromatic rings. The summed E-state index contributed by atoms with van der Waals surface area (Å²) >= 11 is 0. The van der Waals surface area contributed by atoms with E-state index in [2.05, 4.69) is 0 Å². The van der Waals surface area contributed by atoms with Crippen LogP contribution in [0.1, 0.15) is 13.8 Å². The Kier molecular flexibility index (Phi) is 2.75. The Morgan fingerprint density at radius 2 is 1.83 bits per heavy atom. The normalized spacial score (nSPS) is 12.0. The number of hydrogen-bond acceptors (Lipinski definition) is 1. The van der Waals surface area contributed by atoms with E-state index in [1.165, 1.54) is 13.8 Å². The zero-order valence-corrected chi connectivity index (χ0v) is 6.62. The van der Waals surface area contributed by atoms with Crippen molar-refractivity contribution in [3.63, 3.8) is 0 Å². The van der Waals surface area contributed by atoms with Crippen molar-refractivity contribution < 1.29 is 18.0 Å². The zero-order valence-electron chi connectivity index (χ0n) is 6.62. The SMILES string of the molecule is C#CC(C)(C)NC(=O)C(F)(F)F. The maximum atomic E-state index is 11.6. The molecule has 0 aromatic carbocycles. The van der Waals surface area contributed by atoms with E-state index in [-0.39, 0.29) is 0 Å². The average molecular weight is 179 g/mol. The molecule has 1 N–H and O–H groups in total. The molecule has 0 saturated heterocycles. The van der Waals surface area contributed by atoms with Crippen molar-refractivity contribution in [1.29, 1.82) is 0 Å². The highest BCUT2D eigenvalue weighted by molar-refractivity contribution is 5.82. The molecule has 0 unspecified atom stereocenters. The van der Waals surface area contributed by atoms with Crippen LogP contribution in [-0.4, -0.2) is 17.6 Å². The second kappa shape index (κ2) is 3.05. The summed E-state index contributed by atoms with van der Waals surface area (Å²) in [5.74, 6) is -0.0104. The Morgan fingerprint density at radius 1 is 1.42 bits per heavy atom. The van der Waals surface area contributed by atoms with Gasteiger partial charge in [0, 0.05) is 0 Å². The van der Waals surface area contributed by atoms with E-state index in [9.17, 15) is 18.0 Å². The van der Waals surface area contributed by atoms with E-state index in [0.29, 0.717) is 0 Å². The number of alkyl halides is 3. The predicted octanol–water partition coefficient (Wildman–Crippen LogP) is 1.08. The van der Waals surface area contributed by atoms with Crippen molar-refractivity contribution in [3.8, 4) is 12.3 Å². The molecule has 2 nitrogen and oxygen atoms in total. The molecule has 0 bridgehead atoms. The molecule has 0 atom stereocenters. The Labute approximate surface area is 68.1 Å².